The molecule has 0 radical (unpaired) electrons. The van der Waals surface area contributed by atoms with Crippen molar-refractivity contribution in [3.05, 3.63) is 0 Å². The fourth-order valence-corrected chi connectivity index (χ4v) is 2.95. The molecule has 0 aromatic rings. The van der Waals surface area contributed by atoms with Gasteiger partial charge in [-0.1, -0.05) is 67.2 Å². The van der Waals surface area contributed by atoms with E-state index in [-0.39, 0.29) is 17.5 Å². The minimum absolute atomic E-state index is 0.167. The number of hydrogen-bond donors (Lipinski definition) is 0. The van der Waals surface area contributed by atoms with Gasteiger partial charge in [-0.05, 0) is 50.4 Å². The van der Waals surface area contributed by atoms with Crippen LogP contribution in [0, 0.1) is 17.8 Å². The molecular weight excluding hydrogens is 352 g/mol. The summed E-state index contributed by atoms with van der Waals surface area (Å²) in [6, 6.07) is 0. The molecule has 0 aromatic carbocycles. The van der Waals surface area contributed by atoms with Crippen LogP contribution in [-0.4, -0.2) is 24.1 Å². The Balaban J connectivity index is 0. The van der Waals surface area contributed by atoms with Crippen LogP contribution in [0.3, 0.4) is 0 Å². The van der Waals surface area contributed by atoms with E-state index in [0.717, 1.165) is 37.5 Å². The topological polar surface area (TPSA) is 52.6 Å². The Morgan fingerprint density at radius 2 is 1.36 bits per heavy atom. The van der Waals surface area contributed by atoms with Gasteiger partial charge in [-0.2, -0.15) is 0 Å². The highest BCUT2D eigenvalue weighted by Gasteiger charge is 2.24. The molecule has 0 aromatic heterocycles. The summed E-state index contributed by atoms with van der Waals surface area (Å²) in [5, 5.41) is 0. The van der Waals surface area contributed by atoms with Crippen LogP contribution in [0.4, 0.5) is 0 Å². The van der Waals surface area contributed by atoms with Crippen molar-refractivity contribution < 1.29 is 19.1 Å². The number of carbonyl (C=O) groups excluding carboxylic acids is 2. The number of ether oxygens (including phenoxy) is 2. The Morgan fingerprint density at radius 1 is 0.821 bits per heavy atom. The molecule has 0 saturated heterocycles. The van der Waals surface area contributed by atoms with E-state index < -0.39 is 0 Å². The van der Waals surface area contributed by atoms with E-state index >= 15 is 0 Å². The molecule has 0 saturated carbocycles. The third-order valence-electron chi connectivity index (χ3n) is 5.02. The summed E-state index contributed by atoms with van der Waals surface area (Å²) < 4.78 is 10.2. The zero-order valence-electron chi connectivity index (χ0n) is 20.2. The monoisotopic (exact) mass is 400 g/mol. The molecule has 0 amide bonds. The number of carbonyl (C=O) groups is 2. The molecule has 0 aliphatic heterocycles. The molecule has 2 atom stereocenters. The van der Waals surface area contributed by atoms with E-state index in [1.165, 1.54) is 39.5 Å². The summed E-state index contributed by atoms with van der Waals surface area (Å²) >= 11 is 0. The molecule has 0 heterocycles. The lowest BCUT2D eigenvalue weighted by Crippen LogP contribution is -2.30. The molecule has 0 aliphatic carbocycles. The number of hydrogen-bond acceptors (Lipinski definition) is 4. The normalized spacial score (nSPS) is 14.1. The van der Waals surface area contributed by atoms with Crippen molar-refractivity contribution in [1.29, 1.82) is 0 Å². The highest BCUT2D eigenvalue weighted by molar-refractivity contribution is 5.66. The largest absolute Gasteiger partial charge is 0.466 e. The second-order valence-electron chi connectivity index (χ2n) is 9.24. The molecular formula is C24H48O4. The summed E-state index contributed by atoms with van der Waals surface area (Å²) in [6.07, 6.45) is 9.05. The van der Waals surface area contributed by atoms with Gasteiger partial charge < -0.3 is 9.47 Å². The van der Waals surface area contributed by atoms with Gasteiger partial charge >= 0.3 is 11.9 Å². The Morgan fingerprint density at radius 3 is 1.79 bits per heavy atom. The first kappa shape index (κ1) is 29.1. The van der Waals surface area contributed by atoms with E-state index in [1.54, 1.807) is 0 Å². The summed E-state index contributed by atoms with van der Waals surface area (Å²) in [5.74, 6) is 1.87. The molecule has 0 spiro atoms. The van der Waals surface area contributed by atoms with Gasteiger partial charge in [0.05, 0.1) is 6.61 Å². The summed E-state index contributed by atoms with van der Waals surface area (Å²) in [6.45, 7) is 18.8. The molecule has 0 bridgehead atoms. The maximum absolute atomic E-state index is 10.9. The average molecular weight is 401 g/mol. The maximum Gasteiger partial charge on any atom is 0.303 e. The smallest absolute Gasteiger partial charge is 0.303 e. The third kappa shape index (κ3) is 21.2. The van der Waals surface area contributed by atoms with Gasteiger partial charge in [-0.15, -0.1) is 0 Å². The van der Waals surface area contributed by atoms with Crippen LogP contribution >= 0.6 is 0 Å². The standard InChI is InChI=1S/2C12H24O2/c1-10(2)6-5-7-11(3)8-9-14-12(4)13;1-6-12(5,14-11(4)13)9-7-8-10(2)3/h10-11H,5-9H2,1-4H3;10H,6-9H2,1-5H3. The fourth-order valence-electron chi connectivity index (χ4n) is 2.95. The van der Waals surface area contributed by atoms with Crippen molar-refractivity contribution in [2.45, 2.75) is 119 Å². The fraction of sp³-hybridized carbons (Fsp3) is 0.917. The average Bonchev–Trinajstić information content (AvgIpc) is 2.53. The minimum Gasteiger partial charge on any atom is -0.466 e. The first-order valence-corrected chi connectivity index (χ1v) is 11.2. The van der Waals surface area contributed by atoms with Crippen LogP contribution in [0.5, 0.6) is 0 Å². The van der Waals surface area contributed by atoms with Crippen molar-refractivity contribution >= 4 is 11.9 Å². The van der Waals surface area contributed by atoms with Gasteiger partial charge in [0, 0.05) is 13.8 Å². The number of rotatable bonds is 13. The van der Waals surface area contributed by atoms with Crippen molar-refractivity contribution in [3.8, 4) is 0 Å². The van der Waals surface area contributed by atoms with Crippen LogP contribution < -0.4 is 0 Å². The minimum atomic E-state index is -0.249. The van der Waals surface area contributed by atoms with Crippen LogP contribution in [0.1, 0.15) is 114 Å². The molecule has 168 valence electrons. The lowest BCUT2D eigenvalue weighted by atomic mass is 9.93. The Kier molecular flexibility index (Phi) is 17.5. The van der Waals surface area contributed by atoms with Crippen molar-refractivity contribution in [2.75, 3.05) is 6.61 Å². The highest BCUT2D eigenvalue weighted by atomic mass is 16.6. The second kappa shape index (κ2) is 16.9. The molecule has 0 rings (SSSR count). The summed E-state index contributed by atoms with van der Waals surface area (Å²) in [7, 11) is 0. The third-order valence-corrected chi connectivity index (χ3v) is 5.02. The molecule has 0 N–H and O–H groups in total. The lowest BCUT2D eigenvalue weighted by Gasteiger charge is -2.28. The first-order chi connectivity index (χ1) is 12.9. The van der Waals surface area contributed by atoms with Gasteiger partial charge in [-0.3, -0.25) is 9.59 Å². The number of esters is 2. The van der Waals surface area contributed by atoms with Crippen molar-refractivity contribution in [2.24, 2.45) is 17.8 Å². The molecule has 0 fully saturated rings. The van der Waals surface area contributed by atoms with E-state index in [4.69, 9.17) is 9.47 Å². The predicted molar refractivity (Wildman–Crippen MR) is 118 cm³/mol. The maximum atomic E-state index is 10.9. The Bertz CT molecular complexity index is 403. The molecule has 28 heavy (non-hydrogen) atoms. The van der Waals surface area contributed by atoms with E-state index in [0.29, 0.717) is 12.5 Å². The zero-order chi connectivity index (χ0) is 22.2. The summed E-state index contributed by atoms with van der Waals surface area (Å²) in [4.78, 5) is 21.4. The van der Waals surface area contributed by atoms with Gasteiger partial charge in [0.15, 0.2) is 0 Å². The zero-order valence-corrected chi connectivity index (χ0v) is 20.2. The molecule has 4 heteroatoms. The molecule has 2 unspecified atom stereocenters. The van der Waals surface area contributed by atoms with Crippen molar-refractivity contribution in [1.82, 2.24) is 0 Å². The second-order valence-corrected chi connectivity index (χ2v) is 9.24. The van der Waals surface area contributed by atoms with Crippen LogP contribution in [0.2, 0.25) is 0 Å². The van der Waals surface area contributed by atoms with E-state index in [1.807, 2.05) is 6.92 Å². The molecule has 0 aliphatic rings. The Labute approximate surface area is 175 Å². The van der Waals surface area contributed by atoms with Gasteiger partial charge in [-0.25, -0.2) is 0 Å². The quantitative estimate of drug-likeness (QED) is 0.314. The first-order valence-electron chi connectivity index (χ1n) is 11.2. The summed E-state index contributed by atoms with van der Waals surface area (Å²) in [5.41, 5.74) is -0.249. The SMILES string of the molecule is CC(=O)OCCC(C)CCCC(C)C.CCC(C)(CCCC(C)C)OC(C)=O. The van der Waals surface area contributed by atoms with Gasteiger partial charge in [0.2, 0.25) is 0 Å². The predicted octanol–water partition coefficient (Wildman–Crippen LogP) is 6.95. The highest BCUT2D eigenvalue weighted by Crippen LogP contribution is 2.24. The van der Waals surface area contributed by atoms with E-state index in [2.05, 4.69) is 41.5 Å². The van der Waals surface area contributed by atoms with Gasteiger partial charge in [0.25, 0.3) is 0 Å². The lowest BCUT2D eigenvalue weighted by molar-refractivity contribution is -0.156. The molecule has 4 nitrogen and oxygen atoms in total. The van der Waals surface area contributed by atoms with Crippen LogP contribution in [0.25, 0.3) is 0 Å². The van der Waals surface area contributed by atoms with Gasteiger partial charge in [0.1, 0.15) is 5.60 Å². The Hall–Kier alpha value is -1.06. The van der Waals surface area contributed by atoms with Crippen LogP contribution in [0.15, 0.2) is 0 Å². The van der Waals surface area contributed by atoms with Crippen LogP contribution in [-0.2, 0) is 19.1 Å². The van der Waals surface area contributed by atoms with Crippen molar-refractivity contribution in [3.63, 3.8) is 0 Å². The van der Waals surface area contributed by atoms with E-state index in [9.17, 15) is 9.59 Å².